The van der Waals surface area contributed by atoms with Crippen LogP contribution in [0.25, 0.3) is 0 Å². The van der Waals surface area contributed by atoms with E-state index in [9.17, 15) is 18.3 Å². The number of rotatable bonds is 6. The highest BCUT2D eigenvalue weighted by Gasteiger charge is 2.27. The molecule has 3 rings (SSSR count). The highest BCUT2D eigenvalue weighted by atomic mass is 19.2. The summed E-state index contributed by atoms with van der Waals surface area (Å²) in [5.41, 5.74) is 1.55. The highest BCUT2D eigenvalue weighted by molar-refractivity contribution is 5.34. The van der Waals surface area contributed by atoms with E-state index in [0.717, 1.165) is 18.4 Å². The van der Waals surface area contributed by atoms with Crippen LogP contribution in [0.1, 0.15) is 67.2 Å². The van der Waals surface area contributed by atoms with Gasteiger partial charge in [0, 0.05) is 5.56 Å². The van der Waals surface area contributed by atoms with Gasteiger partial charge in [-0.15, -0.1) is 0 Å². The van der Waals surface area contributed by atoms with Crippen LogP contribution in [-0.2, 0) is 0 Å². The third kappa shape index (κ3) is 4.25. The molecule has 0 aliphatic heterocycles. The molecule has 1 aliphatic rings. The zero-order chi connectivity index (χ0) is 20.3. The van der Waals surface area contributed by atoms with Crippen molar-refractivity contribution < 1.29 is 23.0 Å². The van der Waals surface area contributed by atoms with Gasteiger partial charge in [-0.3, -0.25) is 0 Å². The Morgan fingerprint density at radius 2 is 1.75 bits per heavy atom. The van der Waals surface area contributed by atoms with Crippen LogP contribution in [0.5, 0.6) is 5.75 Å². The first-order valence-corrected chi connectivity index (χ1v) is 9.61. The fraction of sp³-hybridized carbons (Fsp3) is 0.391. The van der Waals surface area contributed by atoms with Crippen molar-refractivity contribution in [1.82, 2.24) is 0 Å². The lowest BCUT2D eigenvalue weighted by Gasteiger charge is -2.29. The minimum atomic E-state index is -0.961. The molecule has 0 aromatic heterocycles. The fourth-order valence-corrected chi connectivity index (χ4v) is 4.00. The predicted molar refractivity (Wildman–Crippen MR) is 103 cm³/mol. The molecule has 2 aromatic carbocycles. The second-order valence-corrected chi connectivity index (χ2v) is 7.39. The molecule has 0 saturated heterocycles. The Balaban J connectivity index is 1.69. The Bertz CT molecular complexity index is 840. The number of hydrogen-bond donors (Lipinski definition) is 1. The molecule has 2 nitrogen and oxygen atoms in total. The van der Waals surface area contributed by atoms with Crippen LogP contribution in [0.4, 0.5) is 13.2 Å². The SMILES string of the molecule is C=CCOc1ccc(C2CCC(c3ccc(C(C)O)c(F)c3)CC2)c(F)c1F. The molecule has 1 fully saturated rings. The molecule has 0 bridgehead atoms. The van der Waals surface area contributed by atoms with E-state index in [-0.39, 0.29) is 29.8 Å². The molecule has 1 aliphatic carbocycles. The van der Waals surface area contributed by atoms with Crippen LogP contribution in [0.2, 0.25) is 0 Å². The van der Waals surface area contributed by atoms with E-state index >= 15 is 0 Å². The van der Waals surface area contributed by atoms with Crippen LogP contribution in [0.3, 0.4) is 0 Å². The van der Waals surface area contributed by atoms with Crippen molar-refractivity contribution in [3.8, 4) is 5.75 Å². The normalized spacial score (nSPS) is 20.6. The number of aliphatic hydroxyl groups excluding tert-OH is 1. The van der Waals surface area contributed by atoms with Gasteiger partial charge in [0.05, 0.1) is 6.10 Å². The third-order valence-electron chi connectivity index (χ3n) is 5.55. The van der Waals surface area contributed by atoms with Crippen molar-refractivity contribution in [1.29, 1.82) is 0 Å². The Kier molecular flexibility index (Phi) is 6.45. The molecule has 1 unspecified atom stereocenters. The molecular weight excluding hydrogens is 365 g/mol. The maximum absolute atomic E-state index is 14.5. The highest BCUT2D eigenvalue weighted by Crippen LogP contribution is 2.42. The molecule has 5 heteroatoms. The number of hydrogen-bond acceptors (Lipinski definition) is 2. The summed E-state index contributed by atoms with van der Waals surface area (Å²) < 4.78 is 48.0. The van der Waals surface area contributed by atoms with Crippen LogP contribution in [0, 0.1) is 17.5 Å². The second-order valence-electron chi connectivity index (χ2n) is 7.39. The molecule has 1 atom stereocenters. The van der Waals surface area contributed by atoms with E-state index < -0.39 is 23.6 Å². The lowest BCUT2D eigenvalue weighted by molar-refractivity contribution is 0.194. The Morgan fingerprint density at radius 3 is 2.36 bits per heavy atom. The van der Waals surface area contributed by atoms with Crippen LogP contribution in [0.15, 0.2) is 43.0 Å². The van der Waals surface area contributed by atoms with E-state index in [2.05, 4.69) is 6.58 Å². The van der Waals surface area contributed by atoms with Crippen molar-refractivity contribution >= 4 is 0 Å². The summed E-state index contributed by atoms with van der Waals surface area (Å²) in [4.78, 5) is 0. The quantitative estimate of drug-likeness (QED) is 0.598. The van der Waals surface area contributed by atoms with Gasteiger partial charge in [-0.25, -0.2) is 8.78 Å². The van der Waals surface area contributed by atoms with Crippen LogP contribution in [-0.4, -0.2) is 11.7 Å². The minimum absolute atomic E-state index is 0.0687. The van der Waals surface area contributed by atoms with Crippen molar-refractivity contribution in [2.24, 2.45) is 0 Å². The summed E-state index contributed by atoms with van der Waals surface area (Å²) in [6.45, 7) is 5.14. The topological polar surface area (TPSA) is 29.5 Å². The zero-order valence-corrected chi connectivity index (χ0v) is 15.9. The van der Waals surface area contributed by atoms with Crippen molar-refractivity contribution in [2.75, 3.05) is 6.61 Å². The van der Waals surface area contributed by atoms with Gasteiger partial charge in [0.15, 0.2) is 11.6 Å². The molecule has 28 heavy (non-hydrogen) atoms. The molecule has 1 saturated carbocycles. The number of halogens is 3. The summed E-state index contributed by atoms with van der Waals surface area (Å²) in [5.74, 6) is -2.21. The van der Waals surface area contributed by atoms with Crippen molar-refractivity contribution in [3.63, 3.8) is 0 Å². The van der Waals surface area contributed by atoms with E-state index in [1.54, 1.807) is 12.1 Å². The van der Waals surface area contributed by atoms with E-state index in [4.69, 9.17) is 4.74 Å². The first kappa shape index (κ1) is 20.5. The zero-order valence-electron chi connectivity index (χ0n) is 15.9. The summed E-state index contributed by atoms with van der Waals surface area (Å²) in [5, 5.41) is 9.56. The van der Waals surface area contributed by atoms with Gasteiger partial charge in [-0.05, 0) is 67.7 Å². The summed E-state index contributed by atoms with van der Waals surface area (Å²) in [6.07, 6.45) is 3.58. The monoisotopic (exact) mass is 390 g/mol. The molecule has 0 radical (unpaired) electrons. The van der Waals surface area contributed by atoms with Crippen LogP contribution < -0.4 is 4.74 Å². The Hall–Kier alpha value is -2.27. The number of ether oxygens (including phenoxy) is 1. The van der Waals surface area contributed by atoms with Gasteiger partial charge < -0.3 is 9.84 Å². The van der Waals surface area contributed by atoms with Gasteiger partial charge in [0.1, 0.15) is 12.4 Å². The fourth-order valence-electron chi connectivity index (χ4n) is 4.00. The summed E-state index contributed by atoms with van der Waals surface area (Å²) in [6, 6.07) is 8.02. The molecule has 150 valence electrons. The average Bonchev–Trinajstić information content (AvgIpc) is 2.69. The maximum atomic E-state index is 14.5. The van der Waals surface area contributed by atoms with E-state index in [0.29, 0.717) is 18.4 Å². The van der Waals surface area contributed by atoms with Gasteiger partial charge in [-0.2, -0.15) is 4.39 Å². The van der Waals surface area contributed by atoms with E-state index in [1.165, 1.54) is 25.1 Å². The lowest BCUT2D eigenvalue weighted by Crippen LogP contribution is -2.14. The molecule has 0 amide bonds. The van der Waals surface area contributed by atoms with E-state index in [1.807, 2.05) is 6.07 Å². The molecule has 0 spiro atoms. The second kappa shape index (κ2) is 8.82. The summed E-state index contributed by atoms with van der Waals surface area (Å²) in [7, 11) is 0. The molecular formula is C23H25F3O2. The number of aliphatic hydroxyl groups is 1. The lowest BCUT2D eigenvalue weighted by atomic mass is 9.76. The number of benzene rings is 2. The van der Waals surface area contributed by atoms with Gasteiger partial charge >= 0.3 is 0 Å². The van der Waals surface area contributed by atoms with Crippen molar-refractivity contribution in [3.05, 3.63) is 77.1 Å². The Labute approximate surface area is 163 Å². The maximum Gasteiger partial charge on any atom is 0.200 e. The van der Waals surface area contributed by atoms with Gasteiger partial charge in [0.25, 0.3) is 0 Å². The predicted octanol–water partition coefficient (Wildman–Crippen LogP) is 6.16. The smallest absolute Gasteiger partial charge is 0.200 e. The standard InChI is InChI=1S/C23H25F3O2/c1-3-12-28-21-11-10-19(22(25)23(21)26)16-6-4-15(5-7-16)17-8-9-18(14(2)27)20(24)13-17/h3,8-11,13-16,27H,1,4-7,12H2,2H3. The Morgan fingerprint density at radius 1 is 1.07 bits per heavy atom. The first-order valence-electron chi connectivity index (χ1n) is 9.61. The summed E-state index contributed by atoms with van der Waals surface area (Å²) >= 11 is 0. The minimum Gasteiger partial charge on any atom is -0.486 e. The van der Waals surface area contributed by atoms with Crippen LogP contribution >= 0.6 is 0 Å². The van der Waals surface area contributed by atoms with Gasteiger partial charge in [-0.1, -0.05) is 30.9 Å². The van der Waals surface area contributed by atoms with Crippen molar-refractivity contribution in [2.45, 2.75) is 50.5 Å². The third-order valence-corrected chi connectivity index (χ3v) is 5.55. The average molecular weight is 390 g/mol. The largest absolute Gasteiger partial charge is 0.486 e. The first-order chi connectivity index (χ1) is 13.4. The molecule has 2 aromatic rings. The van der Waals surface area contributed by atoms with Gasteiger partial charge in [0.2, 0.25) is 5.82 Å². The molecule has 1 N–H and O–H groups in total. The molecule has 0 heterocycles.